The first kappa shape index (κ1) is 8.31. The summed E-state index contributed by atoms with van der Waals surface area (Å²) in [5.41, 5.74) is 0. The van der Waals surface area contributed by atoms with Crippen LogP contribution in [0.4, 0.5) is 0 Å². The number of rotatable bonds is 3. The molecule has 0 aromatic heterocycles. The topological polar surface area (TPSA) is 20.2 Å². The lowest BCUT2D eigenvalue weighted by atomic mass is 10.1. The van der Waals surface area contributed by atoms with E-state index in [9.17, 15) is 0 Å². The highest BCUT2D eigenvalue weighted by molar-refractivity contribution is 7.80. The van der Waals surface area contributed by atoms with E-state index in [2.05, 4.69) is 19.6 Å². The molecular formula is C6H14OS. The van der Waals surface area contributed by atoms with Crippen LogP contribution in [0, 0.1) is 5.92 Å². The molecule has 0 aromatic rings. The molecule has 0 rings (SSSR count). The van der Waals surface area contributed by atoms with E-state index >= 15 is 0 Å². The molecule has 0 aromatic carbocycles. The van der Waals surface area contributed by atoms with Gasteiger partial charge in [0.25, 0.3) is 0 Å². The van der Waals surface area contributed by atoms with Gasteiger partial charge in [-0.1, -0.05) is 20.3 Å². The minimum atomic E-state index is 0.265. The second-order valence-corrected chi connectivity index (χ2v) is 2.91. The third kappa shape index (κ3) is 2.58. The maximum atomic E-state index is 8.65. The fraction of sp³-hybridized carbons (Fsp3) is 1.00. The summed E-state index contributed by atoms with van der Waals surface area (Å²) in [7, 11) is 0. The summed E-state index contributed by atoms with van der Waals surface area (Å²) in [6, 6.07) is 0. The molecule has 2 unspecified atom stereocenters. The molecule has 0 heterocycles. The van der Waals surface area contributed by atoms with E-state index in [1.165, 1.54) is 0 Å². The molecule has 0 amide bonds. The molecule has 50 valence electrons. The van der Waals surface area contributed by atoms with Crippen molar-refractivity contribution in [2.75, 3.05) is 6.61 Å². The Labute approximate surface area is 56.5 Å². The van der Waals surface area contributed by atoms with Gasteiger partial charge in [-0.05, 0) is 5.92 Å². The summed E-state index contributed by atoms with van der Waals surface area (Å²) < 4.78 is 0. The molecular weight excluding hydrogens is 120 g/mol. The molecule has 0 bridgehead atoms. The predicted molar refractivity (Wildman–Crippen MR) is 39.3 cm³/mol. The Balaban J connectivity index is 3.35. The molecule has 2 heteroatoms. The maximum absolute atomic E-state index is 8.65. The van der Waals surface area contributed by atoms with Crippen molar-refractivity contribution in [2.45, 2.75) is 25.5 Å². The van der Waals surface area contributed by atoms with E-state index in [-0.39, 0.29) is 6.61 Å². The summed E-state index contributed by atoms with van der Waals surface area (Å²) in [6.45, 7) is 4.34. The smallest absolute Gasteiger partial charge is 0.0469 e. The number of aliphatic hydroxyl groups is 1. The van der Waals surface area contributed by atoms with E-state index in [1.807, 2.05) is 6.92 Å². The minimum absolute atomic E-state index is 0.265. The molecule has 8 heavy (non-hydrogen) atoms. The standard InChI is InChI=1S/C6H14OS/c1-3-6(4-7)5(2)8/h5-8H,3-4H2,1-2H3. The van der Waals surface area contributed by atoms with Crippen molar-refractivity contribution in [1.82, 2.24) is 0 Å². The lowest BCUT2D eigenvalue weighted by Gasteiger charge is -2.13. The van der Waals surface area contributed by atoms with E-state index < -0.39 is 0 Å². The third-order valence-electron chi connectivity index (χ3n) is 1.44. The van der Waals surface area contributed by atoms with Gasteiger partial charge in [-0.25, -0.2) is 0 Å². The summed E-state index contributed by atoms with van der Waals surface area (Å²) in [5.74, 6) is 0.373. The zero-order valence-corrected chi connectivity index (χ0v) is 6.36. The molecule has 2 atom stereocenters. The molecule has 1 nitrogen and oxygen atoms in total. The number of hydrogen-bond donors (Lipinski definition) is 2. The highest BCUT2D eigenvalue weighted by Gasteiger charge is 2.08. The molecule has 0 radical (unpaired) electrons. The monoisotopic (exact) mass is 134 g/mol. The van der Waals surface area contributed by atoms with Crippen LogP contribution in [-0.4, -0.2) is 17.0 Å². The van der Waals surface area contributed by atoms with Crippen molar-refractivity contribution in [2.24, 2.45) is 5.92 Å². The predicted octanol–water partition coefficient (Wildman–Crippen LogP) is 1.32. The Morgan fingerprint density at radius 1 is 1.62 bits per heavy atom. The molecule has 0 aliphatic rings. The maximum Gasteiger partial charge on any atom is 0.0469 e. The van der Waals surface area contributed by atoms with Crippen LogP contribution < -0.4 is 0 Å². The van der Waals surface area contributed by atoms with Crippen molar-refractivity contribution in [3.8, 4) is 0 Å². The Bertz CT molecular complexity index is 50.5. The van der Waals surface area contributed by atoms with E-state index in [1.54, 1.807) is 0 Å². The Kier molecular flexibility index (Phi) is 4.38. The zero-order valence-electron chi connectivity index (χ0n) is 5.46. The molecule has 0 aliphatic heterocycles. The van der Waals surface area contributed by atoms with E-state index in [0.29, 0.717) is 11.2 Å². The van der Waals surface area contributed by atoms with E-state index in [4.69, 9.17) is 5.11 Å². The number of aliphatic hydroxyl groups excluding tert-OH is 1. The van der Waals surface area contributed by atoms with Gasteiger partial charge < -0.3 is 5.11 Å². The van der Waals surface area contributed by atoms with Gasteiger partial charge in [0.2, 0.25) is 0 Å². The second kappa shape index (κ2) is 4.21. The SMILES string of the molecule is CCC(CO)C(C)S. The first-order valence-corrected chi connectivity index (χ1v) is 3.53. The lowest BCUT2D eigenvalue weighted by Crippen LogP contribution is -2.14. The summed E-state index contributed by atoms with van der Waals surface area (Å²) in [6.07, 6.45) is 1.02. The molecule has 0 fully saturated rings. The zero-order chi connectivity index (χ0) is 6.57. The average molecular weight is 134 g/mol. The van der Waals surface area contributed by atoms with Crippen molar-refractivity contribution in [3.63, 3.8) is 0 Å². The van der Waals surface area contributed by atoms with Gasteiger partial charge in [-0.3, -0.25) is 0 Å². The molecule has 0 saturated heterocycles. The Hall–Kier alpha value is 0.310. The van der Waals surface area contributed by atoms with Crippen LogP contribution >= 0.6 is 12.6 Å². The normalized spacial score (nSPS) is 18.0. The molecule has 0 saturated carbocycles. The lowest BCUT2D eigenvalue weighted by molar-refractivity contribution is 0.223. The Morgan fingerprint density at radius 2 is 2.12 bits per heavy atom. The number of hydrogen-bond acceptors (Lipinski definition) is 2. The fourth-order valence-corrected chi connectivity index (χ4v) is 0.928. The van der Waals surface area contributed by atoms with E-state index in [0.717, 1.165) is 6.42 Å². The highest BCUT2D eigenvalue weighted by Crippen LogP contribution is 2.11. The van der Waals surface area contributed by atoms with Crippen LogP contribution in [-0.2, 0) is 0 Å². The van der Waals surface area contributed by atoms with Gasteiger partial charge >= 0.3 is 0 Å². The van der Waals surface area contributed by atoms with Crippen molar-refractivity contribution in [1.29, 1.82) is 0 Å². The molecule has 0 aliphatic carbocycles. The third-order valence-corrected chi connectivity index (χ3v) is 1.86. The first-order valence-electron chi connectivity index (χ1n) is 3.01. The first-order chi connectivity index (χ1) is 3.72. The van der Waals surface area contributed by atoms with Crippen molar-refractivity contribution >= 4 is 12.6 Å². The van der Waals surface area contributed by atoms with Gasteiger partial charge in [0.15, 0.2) is 0 Å². The van der Waals surface area contributed by atoms with Crippen LogP contribution in [0.1, 0.15) is 20.3 Å². The van der Waals surface area contributed by atoms with Crippen molar-refractivity contribution < 1.29 is 5.11 Å². The molecule has 1 N–H and O–H groups in total. The Morgan fingerprint density at radius 3 is 2.12 bits per heavy atom. The van der Waals surface area contributed by atoms with Crippen LogP contribution in [0.3, 0.4) is 0 Å². The summed E-state index contributed by atoms with van der Waals surface area (Å²) in [4.78, 5) is 0. The second-order valence-electron chi connectivity index (χ2n) is 2.09. The van der Waals surface area contributed by atoms with Crippen LogP contribution in [0.5, 0.6) is 0 Å². The molecule has 0 spiro atoms. The largest absolute Gasteiger partial charge is 0.396 e. The highest BCUT2D eigenvalue weighted by atomic mass is 32.1. The fourth-order valence-electron chi connectivity index (χ4n) is 0.623. The minimum Gasteiger partial charge on any atom is -0.396 e. The van der Waals surface area contributed by atoms with Crippen LogP contribution in [0.25, 0.3) is 0 Å². The van der Waals surface area contributed by atoms with Gasteiger partial charge in [0, 0.05) is 11.9 Å². The average Bonchev–Trinajstić information content (AvgIpc) is 1.69. The van der Waals surface area contributed by atoms with Crippen molar-refractivity contribution in [3.05, 3.63) is 0 Å². The van der Waals surface area contributed by atoms with Gasteiger partial charge in [0.05, 0.1) is 0 Å². The summed E-state index contributed by atoms with van der Waals surface area (Å²) >= 11 is 4.19. The van der Waals surface area contributed by atoms with Crippen LogP contribution in [0.2, 0.25) is 0 Å². The number of thiol groups is 1. The van der Waals surface area contributed by atoms with Gasteiger partial charge in [-0.2, -0.15) is 12.6 Å². The quantitative estimate of drug-likeness (QED) is 0.558. The van der Waals surface area contributed by atoms with Gasteiger partial charge in [-0.15, -0.1) is 0 Å². The van der Waals surface area contributed by atoms with Crippen LogP contribution in [0.15, 0.2) is 0 Å². The van der Waals surface area contributed by atoms with Gasteiger partial charge in [0.1, 0.15) is 0 Å². The summed E-state index contributed by atoms with van der Waals surface area (Å²) in [5, 5.41) is 8.97.